The van der Waals surface area contributed by atoms with Crippen LogP contribution in [0.25, 0.3) is 0 Å². The first-order valence-corrected chi connectivity index (χ1v) is 10.4. The number of nitrogens with zero attached hydrogens (tertiary/aromatic N) is 2. The van der Waals surface area contributed by atoms with Gasteiger partial charge in [0, 0.05) is 6.07 Å². The third-order valence-electron chi connectivity index (χ3n) is 4.15. The van der Waals surface area contributed by atoms with E-state index in [1.807, 2.05) is 0 Å². The number of sulfonamides is 1. The fourth-order valence-corrected chi connectivity index (χ4v) is 3.77. The number of nitro benzene ring substituents is 1. The number of carboxylic acid groups (broad SMARTS) is 1. The minimum atomic E-state index is -4.32. The van der Waals surface area contributed by atoms with Gasteiger partial charge < -0.3 is 10.2 Å². The number of phenols is 1. The standard InChI is InChI=1S/C20H16N4O7S/c25-14-5-3-4-13(10-14)12-21-22-18-9-8-15(11-19(18)24(28)29)32(30,31)23-17-7-2-1-6-16(17)20(26)27/h1-12,22-23,25H,(H,26,27)/b21-12+. The normalized spacial score (nSPS) is 11.2. The van der Waals surface area contributed by atoms with Gasteiger partial charge in [0.2, 0.25) is 0 Å². The van der Waals surface area contributed by atoms with Crippen LogP contribution in [0.2, 0.25) is 0 Å². The van der Waals surface area contributed by atoms with Gasteiger partial charge in [-0.15, -0.1) is 0 Å². The Balaban J connectivity index is 1.88. The smallest absolute Gasteiger partial charge is 0.337 e. The first-order valence-electron chi connectivity index (χ1n) is 8.89. The van der Waals surface area contributed by atoms with Crippen LogP contribution >= 0.6 is 0 Å². The topological polar surface area (TPSA) is 171 Å². The van der Waals surface area contributed by atoms with Gasteiger partial charge in [0.25, 0.3) is 15.7 Å². The molecule has 0 radical (unpaired) electrons. The number of hydrogen-bond acceptors (Lipinski definition) is 8. The predicted octanol–water partition coefficient (Wildman–Crippen LogP) is 3.25. The highest BCUT2D eigenvalue weighted by Gasteiger charge is 2.23. The molecular weight excluding hydrogens is 440 g/mol. The van der Waals surface area contributed by atoms with E-state index in [4.69, 9.17) is 0 Å². The zero-order valence-electron chi connectivity index (χ0n) is 16.2. The summed E-state index contributed by atoms with van der Waals surface area (Å²) in [5, 5.41) is 34.0. The van der Waals surface area contributed by atoms with Gasteiger partial charge in [-0.25, -0.2) is 13.2 Å². The summed E-state index contributed by atoms with van der Waals surface area (Å²) in [7, 11) is -4.32. The molecule has 0 aliphatic carbocycles. The molecule has 0 amide bonds. The molecule has 0 saturated carbocycles. The van der Waals surface area contributed by atoms with Gasteiger partial charge in [-0.3, -0.25) is 20.3 Å². The number of aromatic hydroxyl groups is 1. The Morgan fingerprint density at radius 2 is 1.78 bits per heavy atom. The maximum atomic E-state index is 12.7. The summed E-state index contributed by atoms with van der Waals surface area (Å²) in [5.74, 6) is -1.31. The third kappa shape index (κ3) is 5.17. The number of nitrogens with one attached hydrogen (secondary N) is 2. The number of phenolic OH excluding ortho intramolecular Hbond substituents is 1. The van der Waals surface area contributed by atoms with E-state index in [1.165, 1.54) is 42.6 Å². The Hall–Kier alpha value is -4.45. The van der Waals surface area contributed by atoms with E-state index in [9.17, 15) is 33.5 Å². The third-order valence-corrected chi connectivity index (χ3v) is 5.51. The molecule has 3 aromatic carbocycles. The molecule has 0 bridgehead atoms. The molecule has 0 saturated heterocycles. The van der Waals surface area contributed by atoms with Gasteiger partial charge in [-0.05, 0) is 42.0 Å². The highest BCUT2D eigenvalue weighted by atomic mass is 32.2. The van der Waals surface area contributed by atoms with E-state index in [0.717, 1.165) is 18.2 Å². The van der Waals surface area contributed by atoms with Gasteiger partial charge >= 0.3 is 5.97 Å². The van der Waals surface area contributed by atoms with Crippen molar-refractivity contribution in [2.24, 2.45) is 5.10 Å². The lowest BCUT2D eigenvalue weighted by Crippen LogP contribution is -2.16. The zero-order chi connectivity index (χ0) is 23.3. The van der Waals surface area contributed by atoms with Gasteiger partial charge in [0.1, 0.15) is 11.4 Å². The van der Waals surface area contributed by atoms with Crippen LogP contribution in [0.5, 0.6) is 5.75 Å². The Morgan fingerprint density at radius 3 is 2.47 bits per heavy atom. The number of carbonyl (C=O) groups is 1. The van der Waals surface area contributed by atoms with Crippen molar-refractivity contribution in [2.45, 2.75) is 4.90 Å². The van der Waals surface area contributed by atoms with Crippen molar-refractivity contribution in [1.82, 2.24) is 0 Å². The predicted molar refractivity (Wildman–Crippen MR) is 117 cm³/mol. The summed E-state index contributed by atoms with van der Waals surface area (Å²) in [5.41, 5.74) is 1.91. The maximum Gasteiger partial charge on any atom is 0.337 e. The van der Waals surface area contributed by atoms with E-state index in [-0.39, 0.29) is 22.7 Å². The molecule has 0 aliphatic rings. The van der Waals surface area contributed by atoms with Gasteiger partial charge in [-0.2, -0.15) is 5.10 Å². The summed E-state index contributed by atoms with van der Waals surface area (Å²) in [6.45, 7) is 0. The zero-order valence-corrected chi connectivity index (χ0v) is 17.0. The number of benzene rings is 3. The van der Waals surface area contributed by atoms with Crippen molar-refractivity contribution in [1.29, 1.82) is 0 Å². The van der Waals surface area contributed by atoms with E-state index >= 15 is 0 Å². The monoisotopic (exact) mass is 456 g/mol. The molecule has 0 spiro atoms. The summed E-state index contributed by atoms with van der Waals surface area (Å²) in [4.78, 5) is 21.5. The Labute approximate surface area is 181 Å². The van der Waals surface area contributed by atoms with Crippen LogP contribution < -0.4 is 10.1 Å². The van der Waals surface area contributed by atoms with Crippen molar-refractivity contribution in [3.63, 3.8) is 0 Å². The van der Waals surface area contributed by atoms with Crippen molar-refractivity contribution >= 4 is 39.3 Å². The number of nitro groups is 1. The lowest BCUT2D eigenvalue weighted by molar-refractivity contribution is -0.384. The van der Waals surface area contributed by atoms with Gasteiger partial charge in [0.05, 0.1) is 27.3 Å². The van der Waals surface area contributed by atoms with E-state index in [2.05, 4.69) is 15.2 Å². The molecule has 3 aromatic rings. The number of para-hydroxylation sites is 1. The first-order chi connectivity index (χ1) is 15.2. The van der Waals surface area contributed by atoms with E-state index in [0.29, 0.717) is 5.56 Å². The second-order valence-electron chi connectivity index (χ2n) is 6.36. The minimum absolute atomic E-state index is 0.0199. The summed E-state index contributed by atoms with van der Waals surface area (Å²) in [6.07, 6.45) is 1.32. The van der Waals surface area contributed by atoms with Crippen molar-refractivity contribution in [3.05, 3.63) is 88.0 Å². The Morgan fingerprint density at radius 1 is 1.03 bits per heavy atom. The van der Waals surface area contributed by atoms with Crippen molar-refractivity contribution < 1.29 is 28.3 Å². The molecule has 0 aromatic heterocycles. The first kappa shape index (κ1) is 22.2. The molecule has 0 aliphatic heterocycles. The fourth-order valence-electron chi connectivity index (χ4n) is 2.67. The van der Waals surface area contributed by atoms with Crippen LogP contribution in [-0.2, 0) is 10.0 Å². The summed E-state index contributed by atoms with van der Waals surface area (Å²) >= 11 is 0. The summed E-state index contributed by atoms with van der Waals surface area (Å²) < 4.78 is 27.5. The highest BCUT2D eigenvalue weighted by Crippen LogP contribution is 2.29. The van der Waals surface area contributed by atoms with Gasteiger partial charge in [-0.1, -0.05) is 24.3 Å². The molecule has 12 heteroatoms. The Kier molecular flexibility index (Phi) is 6.35. The number of hydrogen-bond donors (Lipinski definition) is 4. The lowest BCUT2D eigenvalue weighted by atomic mass is 10.2. The second kappa shape index (κ2) is 9.14. The van der Waals surface area contributed by atoms with Crippen LogP contribution in [-0.4, -0.2) is 35.7 Å². The lowest BCUT2D eigenvalue weighted by Gasteiger charge is -2.11. The SMILES string of the molecule is O=C(O)c1ccccc1NS(=O)(=O)c1ccc(N/N=C/c2cccc(O)c2)c([N+](=O)[O-])c1. The molecule has 0 unspecified atom stereocenters. The van der Waals surface area contributed by atoms with Crippen molar-refractivity contribution in [3.8, 4) is 5.75 Å². The van der Waals surface area contributed by atoms with E-state index in [1.54, 1.807) is 12.1 Å². The molecule has 32 heavy (non-hydrogen) atoms. The molecule has 0 atom stereocenters. The molecule has 11 nitrogen and oxygen atoms in total. The van der Waals surface area contributed by atoms with Crippen LogP contribution in [0, 0.1) is 10.1 Å². The molecule has 0 fully saturated rings. The average molecular weight is 456 g/mol. The van der Waals surface area contributed by atoms with Crippen molar-refractivity contribution in [2.75, 3.05) is 10.1 Å². The van der Waals surface area contributed by atoms with Gasteiger partial charge in [0.15, 0.2) is 0 Å². The minimum Gasteiger partial charge on any atom is -0.508 e. The molecule has 0 heterocycles. The number of anilines is 2. The second-order valence-corrected chi connectivity index (χ2v) is 8.04. The molecular formula is C20H16N4O7S. The number of hydrazone groups is 1. The highest BCUT2D eigenvalue weighted by molar-refractivity contribution is 7.92. The number of aromatic carboxylic acids is 1. The quantitative estimate of drug-likeness (QED) is 0.227. The average Bonchev–Trinajstić information content (AvgIpc) is 2.73. The van der Waals surface area contributed by atoms with Crippen LogP contribution in [0.4, 0.5) is 17.1 Å². The number of carboxylic acids is 1. The molecule has 4 N–H and O–H groups in total. The summed E-state index contributed by atoms with van der Waals surface area (Å²) in [6, 6.07) is 14.6. The van der Waals surface area contributed by atoms with Crippen LogP contribution in [0.3, 0.4) is 0 Å². The fraction of sp³-hybridized carbons (Fsp3) is 0. The maximum absolute atomic E-state index is 12.7. The largest absolute Gasteiger partial charge is 0.508 e. The molecule has 164 valence electrons. The van der Waals surface area contributed by atoms with Crippen LogP contribution in [0.15, 0.2) is 76.7 Å². The Bertz CT molecular complexity index is 1320. The number of rotatable bonds is 8. The molecule has 3 rings (SSSR count). The van der Waals surface area contributed by atoms with Crippen LogP contribution in [0.1, 0.15) is 15.9 Å². The van der Waals surface area contributed by atoms with E-state index < -0.39 is 31.5 Å².